The highest BCUT2D eigenvalue weighted by molar-refractivity contribution is 6.11. The molecule has 2 rings (SSSR count). The fraction of sp³-hybridized carbons (Fsp3) is 0.0625. The van der Waals surface area contributed by atoms with Crippen molar-refractivity contribution in [3.63, 3.8) is 0 Å². The molecule has 6 heteroatoms. The second kappa shape index (κ2) is 6.53. The molecule has 0 aliphatic rings. The molecule has 112 valence electrons. The summed E-state index contributed by atoms with van der Waals surface area (Å²) in [6.07, 6.45) is 0. The third-order valence-electron chi connectivity index (χ3n) is 3.09. The predicted molar refractivity (Wildman–Crippen MR) is 81.8 cm³/mol. The molecular formula is C16H14N2O4. The van der Waals surface area contributed by atoms with E-state index in [2.05, 4.69) is 10.5 Å². The Kier molecular flexibility index (Phi) is 4.53. The molecule has 6 nitrogen and oxygen atoms in total. The van der Waals surface area contributed by atoms with Gasteiger partial charge in [-0.15, -0.1) is 0 Å². The van der Waals surface area contributed by atoms with Crippen LogP contribution in [0.1, 0.15) is 33.2 Å². The molecule has 0 aliphatic heterocycles. The fourth-order valence-electron chi connectivity index (χ4n) is 1.95. The number of hydrogen-bond acceptors (Lipinski definition) is 4. The first kappa shape index (κ1) is 15.2. The fourth-order valence-corrected chi connectivity index (χ4v) is 1.95. The summed E-state index contributed by atoms with van der Waals surface area (Å²) in [5.74, 6) is -1.68. The van der Waals surface area contributed by atoms with E-state index in [0.29, 0.717) is 17.0 Å². The number of amides is 1. The van der Waals surface area contributed by atoms with Crippen LogP contribution in [0.15, 0.2) is 53.7 Å². The zero-order valence-corrected chi connectivity index (χ0v) is 11.8. The Hall–Kier alpha value is -3.15. The van der Waals surface area contributed by atoms with Crippen LogP contribution >= 0.6 is 0 Å². The highest BCUT2D eigenvalue weighted by atomic mass is 16.4. The molecule has 1 amide bonds. The first-order chi connectivity index (χ1) is 10.5. The number of nitrogens with zero attached hydrogens (tertiary/aromatic N) is 1. The summed E-state index contributed by atoms with van der Waals surface area (Å²) < 4.78 is 0. The lowest BCUT2D eigenvalue weighted by molar-refractivity contribution is 0.0692. The maximum Gasteiger partial charge on any atom is 0.336 e. The molecule has 0 atom stereocenters. The summed E-state index contributed by atoms with van der Waals surface area (Å²) in [6.45, 7) is 1.63. The van der Waals surface area contributed by atoms with Crippen molar-refractivity contribution in [2.75, 3.05) is 5.32 Å². The van der Waals surface area contributed by atoms with Gasteiger partial charge in [0.1, 0.15) is 0 Å². The van der Waals surface area contributed by atoms with Gasteiger partial charge in [0.2, 0.25) is 0 Å². The van der Waals surface area contributed by atoms with Gasteiger partial charge >= 0.3 is 5.97 Å². The number of nitrogens with one attached hydrogen (secondary N) is 1. The molecule has 0 aliphatic carbocycles. The average Bonchev–Trinajstić information content (AvgIpc) is 2.54. The van der Waals surface area contributed by atoms with Crippen LogP contribution in [0.25, 0.3) is 0 Å². The van der Waals surface area contributed by atoms with Gasteiger partial charge in [-0.3, -0.25) is 4.79 Å². The Labute approximate surface area is 126 Å². The molecule has 0 heterocycles. The number of benzene rings is 2. The Morgan fingerprint density at radius 1 is 1.05 bits per heavy atom. The lowest BCUT2D eigenvalue weighted by Crippen LogP contribution is -2.16. The van der Waals surface area contributed by atoms with E-state index in [0.717, 1.165) is 0 Å². The molecule has 0 spiro atoms. The number of anilines is 1. The second-order valence-corrected chi connectivity index (χ2v) is 4.57. The lowest BCUT2D eigenvalue weighted by atomic mass is 10.1. The van der Waals surface area contributed by atoms with Crippen molar-refractivity contribution in [3.05, 3.63) is 65.2 Å². The second-order valence-electron chi connectivity index (χ2n) is 4.57. The molecule has 2 aromatic carbocycles. The SMILES string of the molecule is C/C(=N\O)c1cccc(NC(=O)c2ccccc2C(=O)O)c1. The minimum absolute atomic E-state index is 0.0655. The number of carboxylic acid groups (broad SMARTS) is 1. The van der Waals surface area contributed by atoms with Gasteiger partial charge in [0, 0.05) is 11.3 Å². The van der Waals surface area contributed by atoms with E-state index in [9.17, 15) is 9.59 Å². The smallest absolute Gasteiger partial charge is 0.336 e. The van der Waals surface area contributed by atoms with Crippen LogP contribution in [0.4, 0.5) is 5.69 Å². The quantitative estimate of drug-likeness (QED) is 0.459. The van der Waals surface area contributed by atoms with Crippen LogP contribution < -0.4 is 5.32 Å². The molecule has 0 aromatic heterocycles. The van der Waals surface area contributed by atoms with Crippen LogP contribution in [-0.4, -0.2) is 27.9 Å². The third-order valence-corrected chi connectivity index (χ3v) is 3.09. The van der Waals surface area contributed by atoms with E-state index in [1.807, 2.05) is 0 Å². The summed E-state index contributed by atoms with van der Waals surface area (Å²) in [5, 5.41) is 23.6. The number of rotatable bonds is 4. The van der Waals surface area contributed by atoms with Gasteiger partial charge in [0.15, 0.2) is 0 Å². The molecule has 0 radical (unpaired) electrons. The first-order valence-corrected chi connectivity index (χ1v) is 6.45. The van der Waals surface area contributed by atoms with Crippen molar-refractivity contribution < 1.29 is 19.9 Å². The van der Waals surface area contributed by atoms with Crippen molar-refractivity contribution in [2.24, 2.45) is 5.16 Å². The maximum atomic E-state index is 12.2. The molecule has 0 bridgehead atoms. The summed E-state index contributed by atoms with van der Waals surface area (Å²) in [4.78, 5) is 23.4. The molecule has 0 saturated carbocycles. The highest BCUT2D eigenvalue weighted by Crippen LogP contribution is 2.15. The van der Waals surface area contributed by atoms with Gasteiger partial charge in [0.25, 0.3) is 5.91 Å². The topological polar surface area (TPSA) is 99.0 Å². The Morgan fingerprint density at radius 3 is 2.36 bits per heavy atom. The molecule has 0 fully saturated rings. The van der Waals surface area contributed by atoms with Crippen LogP contribution in [0.5, 0.6) is 0 Å². The van der Waals surface area contributed by atoms with Crippen LogP contribution in [0, 0.1) is 0 Å². The Morgan fingerprint density at radius 2 is 1.73 bits per heavy atom. The number of aromatic carboxylic acids is 1. The molecule has 0 saturated heterocycles. The monoisotopic (exact) mass is 298 g/mol. The summed E-state index contributed by atoms with van der Waals surface area (Å²) in [6, 6.07) is 12.7. The van der Waals surface area contributed by atoms with Gasteiger partial charge in [-0.2, -0.15) is 0 Å². The van der Waals surface area contributed by atoms with E-state index in [4.69, 9.17) is 10.3 Å². The van der Waals surface area contributed by atoms with Crippen molar-refractivity contribution in [1.29, 1.82) is 0 Å². The number of carboxylic acids is 1. The first-order valence-electron chi connectivity index (χ1n) is 6.45. The third kappa shape index (κ3) is 3.29. The highest BCUT2D eigenvalue weighted by Gasteiger charge is 2.15. The predicted octanol–water partition coefficient (Wildman–Crippen LogP) is 2.84. The molecule has 3 N–H and O–H groups in total. The zero-order chi connectivity index (χ0) is 16.1. The average molecular weight is 298 g/mol. The van der Waals surface area contributed by atoms with Gasteiger partial charge < -0.3 is 15.6 Å². The zero-order valence-electron chi connectivity index (χ0n) is 11.8. The number of carbonyl (C=O) groups excluding carboxylic acids is 1. The van der Waals surface area contributed by atoms with Gasteiger partial charge in [-0.25, -0.2) is 4.79 Å². The number of hydrogen-bond donors (Lipinski definition) is 3. The molecule has 22 heavy (non-hydrogen) atoms. The minimum atomic E-state index is -1.16. The largest absolute Gasteiger partial charge is 0.478 e. The Bertz CT molecular complexity index is 753. The van der Waals surface area contributed by atoms with Crippen molar-refractivity contribution in [2.45, 2.75) is 6.92 Å². The number of oxime groups is 1. The maximum absolute atomic E-state index is 12.2. The van der Waals surface area contributed by atoms with Gasteiger partial charge in [-0.05, 0) is 31.2 Å². The van der Waals surface area contributed by atoms with Gasteiger partial charge in [-0.1, -0.05) is 29.4 Å². The molecular weight excluding hydrogens is 284 g/mol. The summed E-state index contributed by atoms with van der Waals surface area (Å²) in [7, 11) is 0. The lowest BCUT2D eigenvalue weighted by Gasteiger charge is -2.09. The van der Waals surface area contributed by atoms with E-state index in [-0.39, 0.29) is 11.1 Å². The van der Waals surface area contributed by atoms with E-state index in [1.165, 1.54) is 12.1 Å². The van der Waals surface area contributed by atoms with Crippen molar-refractivity contribution >= 4 is 23.3 Å². The minimum Gasteiger partial charge on any atom is -0.478 e. The van der Waals surface area contributed by atoms with Crippen molar-refractivity contribution in [1.82, 2.24) is 0 Å². The summed E-state index contributed by atoms with van der Waals surface area (Å²) >= 11 is 0. The molecule has 0 unspecified atom stereocenters. The van der Waals surface area contributed by atoms with E-state index in [1.54, 1.807) is 43.3 Å². The van der Waals surface area contributed by atoms with Crippen LogP contribution in [0.2, 0.25) is 0 Å². The van der Waals surface area contributed by atoms with Gasteiger partial charge in [0.05, 0.1) is 16.8 Å². The normalized spacial score (nSPS) is 11.0. The van der Waals surface area contributed by atoms with Crippen LogP contribution in [0.3, 0.4) is 0 Å². The summed E-state index contributed by atoms with van der Waals surface area (Å²) in [5.41, 5.74) is 1.54. The van der Waals surface area contributed by atoms with Crippen LogP contribution in [-0.2, 0) is 0 Å². The Balaban J connectivity index is 2.28. The standard InChI is InChI=1S/C16H14N2O4/c1-10(18-22)11-5-4-6-12(9-11)17-15(19)13-7-2-3-8-14(13)16(20)21/h2-9,22H,1H3,(H,17,19)(H,20,21)/b18-10+. The van der Waals surface area contributed by atoms with Crippen molar-refractivity contribution in [3.8, 4) is 0 Å². The number of carbonyl (C=O) groups is 2. The van der Waals surface area contributed by atoms with E-state index < -0.39 is 11.9 Å². The molecule has 2 aromatic rings. The van der Waals surface area contributed by atoms with E-state index >= 15 is 0 Å².